The van der Waals surface area contributed by atoms with Crippen molar-refractivity contribution in [3.05, 3.63) is 28.8 Å². The van der Waals surface area contributed by atoms with Crippen molar-refractivity contribution >= 4 is 28.4 Å². The van der Waals surface area contributed by atoms with Crippen LogP contribution in [0.5, 0.6) is 5.88 Å². The maximum absolute atomic E-state index is 16.2. The number of alkyl halides is 5. The molecule has 8 nitrogen and oxygen atoms in total. The maximum Gasteiger partial charge on any atom is 0.417 e. The van der Waals surface area contributed by atoms with E-state index >= 15 is 4.39 Å². The third-order valence-corrected chi connectivity index (χ3v) is 6.57. The zero-order valence-electron chi connectivity index (χ0n) is 20.8. The van der Waals surface area contributed by atoms with Gasteiger partial charge in [-0.25, -0.2) is 27.5 Å². The van der Waals surface area contributed by atoms with Crippen LogP contribution < -0.4 is 26.0 Å². The van der Waals surface area contributed by atoms with Crippen LogP contribution in [0.3, 0.4) is 0 Å². The van der Waals surface area contributed by atoms with Crippen molar-refractivity contribution in [3.63, 3.8) is 0 Å². The van der Waals surface area contributed by atoms with E-state index in [0.29, 0.717) is 32.1 Å². The first-order valence-electron chi connectivity index (χ1n) is 12.1. The van der Waals surface area contributed by atoms with E-state index in [0.717, 1.165) is 11.8 Å². The minimum atomic E-state index is -5.09. The Morgan fingerprint density at radius 3 is 2.46 bits per heavy atom. The summed E-state index contributed by atoms with van der Waals surface area (Å²) in [5.41, 5.74) is 0.561. The standard InChI is InChI=1S/C24H24F7N7O/c1-10-3-4-33-5-6-34-20-14-19(36-22(37-20)38-8-23(27,28)9-38)17(26)18(35-21(14)39-10)12-7-13(32)16(25)11(2)15(12)24(29,30)31/h7,10,33H,3-6,8-9,32H2,1-2H3,(H,34,36,37). The minimum Gasteiger partial charge on any atom is -0.474 e. The molecule has 0 bridgehead atoms. The number of aromatic nitrogens is 3. The van der Waals surface area contributed by atoms with Crippen molar-refractivity contribution < 1.29 is 35.5 Å². The average molecular weight is 559 g/mol. The van der Waals surface area contributed by atoms with Crippen molar-refractivity contribution in [2.24, 2.45) is 0 Å². The summed E-state index contributed by atoms with van der Waals surface area (Å²) in [5, 5.41) is 6.09. The van der Waals surface area contributed by atoms with Gasteiger partial charge in [0.2, 0.25) is 11.8 Å². The number of hydrogen-bond donors (Lipinski definition) is 3. The minimum absolute atomic E-state index is 0.0138. The number of nitrogens with one attached hydrogen (secondary N) is 2. The summed E-state index contributed by atoms with van der Waals surface area (Å²) in [6.07, 6.45) is -5.14. The Morgan fingerprint density at radius 2 is 1.79 bits per heavy atom. The van der Waals surface area contributed by atoms with Crippen LogP contribution in [0.2, 0.25) is 0 Å². The summed E-state index contributed by atoms with van der Waals surface area (Å²) in [6, 6.07) is 0.658. The Balaban J connectivity index is 1.82. The van der Waals surface area contributed by atoms with Crippen LogP contribution in [0.15, 0.2) is 6.07 Å². The lowest BCUT2D eigenvalue weighted by Gasteiger charge is -2.38. The molecule has 1 atom stereocenters. The predicted octanol–water partition coefficient (Wildman–Crippen LogP) is 4.51. The second kappa shape index (κ2) is 9.54. The van der Waals surface area contributed by atoms with E-state index in [4.69, 9.17) is 10.5 Å². The van der Waals surface area contributed by atoms with Crippen molar-refractivity contribution in [2.75, 3.05) is 48.7 Å². The van der Waals surface area contributed by atoms with Gasteiger partial charge in [-0.3, -0.25) is 0 Å². The number of rotatable bonds is 2. The number of benzene rings is 1. The fourth-order valence-corrected chi connectivity index (χ4v) is 4.64. The van der Waals surface area contributed by atoms with E-state index in [-0.39, 0.29) is 23.0 Å². The van der Waals surface area contributed by atoms with E-state index in [1.54, 1.807) is 6.92 Å². The van der Waals surface area contributed by atoms with Gasteiger partial charge in [-0.15, -0.1) is 0 Å². The third-order valence-electron chi connectivity index (χ3n) is 6.57. The molecule has 4 N–H and O–H groups in total. The van der Waals surface area contributed by atoms with Gasteiger partial charge in [-0.1, -0.05) is 0 Å². The van der Waals surface area contributed by atoms with Gasteiger partial charge in [0.05, 0.1) is 30.4 Å². The first-order valence-corrected chi connectivity index (χ1v) is 12.1. The molecule has 0 radical (unpaired) electrons. The normalized spacial score (nSPS) is 19.6. The molecule has 1 fully saturated rings. The molecule has 210 valence electrons. The molecular weight excluding hydrogens is 535 g/mol. The molecule has 1 unspecified atom stereocenters. The van der Waals surface area contributed by atoms with Gasteiger partial charge >= 0.3 is 6.18 Å². The molecule has 3 aromatic rings. The molecule has 2 aliphatic rings. The lowest BCUT2D eigenvalue weighted by Crippen LogP contribution is -2.57. The molecule has 5 rings (SSSR count). The van der Waals surface area contributed by atoms with Gasteiger partial charge in [-0.2, -0.15) is 18.2 Å². The maximum atomic E-state index is 16.2. The molecule has 0 saturated carbocycles. The number of pyridine rings is 1. The van der Waals surface area contributed by atoms with Gasteiger partial charge in [0.25, 0.3) is 5.92 Å². The van der Waals surface area contributed by atoms with Gasteiger partial charge in [0, 0.05) is 18.7 Å². The molecule has 0 aliphatic carbocycles. The summed E-state index contributed by atoms with van der Waals surface area (Å²) in [5.74, 6) is -6.09. The van der Waals surface area contributed by atoms with E-state index in [2.05, 4.69) is 25.6 Å². The lowest BCUT2D eigenvalue weighted by molar-refractivity contribution is -0.137. The smallest absolute Gasteiger partial charge is 0.417 e. The molecule has 2 aromatic heterocycles. The quantitative estimate of drug-likeness (QED) is 0.312. The topological polar surface area (TPSA) is 101 Å². The SMILES string of the molecule is Cc1c(F)c(N)cc(-c2nc3c4c(nc(N5CC(F)(F)C5)nc4c2F)NCCNCCC(C)O3)c1C(F)(F)F. The third kappa shape index (κ3) is 4.94. The van der Waals surface area contributed by atoms with Crippen LogP contribution in [0.1, 0.15) is 24.5 Å². The second-order valence-corrected chi connectivity index (χ2v) is 9.61. The fourth-order valence-electron chi connectivity index (χ4n) is 4.64. The molecule has 1 aromatic carbocycles. The van der Waals surface area contributed by atoms with E-state index < -0.39 is 76.5 Å². The van der Waals surface area contributed by atoms with E-state index in [1.807, 2.05) is 0 Å². The Kier molecular flexibility index (Phi) is 6.59. The largest absolute Gasteiger partial charge is 0.474 e. The number of hydrogen-bond acceptors (Lipinski definition) is 8. The highest BCUT2D eigenvalue weighted by atomic mass is 19.4. The van der Waals surface area contributed by atoms with Crippen molar-refractivity contribution in [2.45, 2.75) is 38.5 Å². The lowest BCUT2D eigenvalue weighted by atomic mass is 9.96. The Labute approximate surface area is 217 Å². The molecule has 39 heavy (non-hydrogen) atoms. The number of ether oxygens (including phenoxy) is 1. The summed E-state index contributed by atoms with van der Waals surface area (Å²) in [4.78, 5) is 13.7. The predicted molar refractivity (Wildman–Crippen MR) is 130 cm³/mol. The molecule has 0 amide bonds. The Morgan fingerprint density at radius 1 is 1.08 bits per heavy atom. The van der Waals surface area contributed by atoms with Crippen molar-refractivity contribution in [3.8, 4) is 17.1 Å². The Hall–Kier alpha value is -3.62. The number of nitrogens with zero attached hydrogens (tertiary/aromatic N) is 4. The summed E-state index contributed by atoms with van der Waals surface area (Å²) in [6.45, 7) is 2.44. The molecule has 0 spiro atoms. The van der Waals surface area contributed by atoms with Gasteiger partial charge in [-0.05, 0) is 38.4 Å². The molecule has 2 aliphatic heterocycles. The van der Waals surface area contributed by atoms with E-state index in [9.17, 15) is 26.3 Å². The van der Waals surface area contributed by atoms with Crippen LogP contribution >= 0.6 is 0 Å². The fraction of sp³-hybridized carbons (Fsp3) is 0.458. The summed E-state index contributed by atoms with van der Waals surface area (Å²) in [7, 11) is 0. The first-order chi connectivity index (χ1) is 18.3. The van der Waals surface area contributed by atoms with Crippen LogP contribution in [-0.4, -0.2) is 59.7 Å². The molecular formula is C24H24F7N7O. The molecule has 15 heteroatoms. The second-order valence-electron chi connectivity index (χ2n) is 9.61. The highest BCUT2D eigenvalue weighted by molar-refractivity contribution is 5.97. The Bertz CT molecular complexity index is 1440. The highest BCUT2D eigenvalue weighted by Crippen LogP contribution is 2.45. The number of halogens is 7. The highest BCUT2D eigenvalue weighted by Gasteiger charge is 2.46. The van der Waals surface area contributed by atoms with E-state index in [1.165, 1.54) is 0 Å². The summed E-state index contributed by atoms with van der Waals surface area (Å²) < 4.78 is 106. The van der Waals surface area contributed by atoms with Gasteiger partial charge in [0.1, 0.15) is 28.2 Å². The van der Waals surface area contributed by atoms with Crippen LogP contribution in [0, 0.1) is 18.6 Å². The summed E-state index contributed by atoms with van der Waals surface area (Å²) >= 11 is 0. The van der Waals surface area contributed by atoms with Crippen molar-refractivity contribution in [1.29, 1.82) is 0 Å². The monoisotopic (exact) mass is 559 g/mol. The number of nitrogens with two attached hydrogens (primary N) is 1. The molecule has 4 heterocycles. The number of nitrogen functional groups attached to an aromatic ring is 1. The van der Waals surface area contributed by atoms with Crippen molar-refractivity contribution in [1.82, 2.24) is 20.3 Å². The van der Waals surface area contributed by atoms with Crippen LogP contribution in [0.4, 0.5) is 48.2 Å². The first kappa shape index (κ1) is 27.0. The number of anilines is 3. The zero-order chi connectivity index (χ0) is 28.3. The van der Waals surface area contributed by atoms with Crippen LogP contribution in [-0.2, 0) is 6.18 Å². The zero-order valence-corrected chi connectivity index (χ0v) is 20.8. The van der Waals surface area contributed by atoms with Gasteiger partial charge in [0.15, 0.2) is 5.82 Å². The molecule has 1 saturated heterocycles. The van der Waals surface area contributed by atoms with Gasteiger partial charge < -0.3 is 26.0 Å². The van der Waals surface area contributed by atoms with Crippen LogP contribution in [0.25, 0.3) is 22.2 Å². The average Bonchev–Trinajstić information content (AvgIpc) is 2.86.